The first-order chi connectivity index (χ1) is 14.9. The number of aromatic carboxylic acids is 1. The van der Waals surface area contributed by atoms with E-state index in [9.17, 15) is 9.59 Å². The van der Waals surface area contributed by atoms with Crippen molar-refractivity contribution in [3.63, 3.8) is 0 Å². The highest BCUT2D eigenvalue weighted by Crippen LogP contribution is 2.32. The SMILES string of the molecule is O=C(CN1CCOCC1)N/N=C/c1cc(Br)c(OCc2ccc(C(=O)O)cc2)c(I)c1. The Hall–Kier alpha value is -2.02. The lowest BCUT2D eigenvalue weighted by molar-refractivity contribution is -0.123. The molecule has 1 saturated heterocycles. The quantitative estimate of drug-likeness (QED) is 0.274. The summed E-state index contributed by atoms with van der Waals surface area (Å²) in [6.07, 6.45) is 1.58. The van der Waals surface area contributed by atoms with Gasteiger partial charge in [-0.3, -0.25) is 9.69 Å². The summed E-state index contributed by atoms with van der Waals surface area (Å²) in [6, 6.07) is 10.3. The number of nitrogens with zero attached hydrogens (tertiary/aromatic N) is 2. The molecule has 0 aliphatic carbocycles. The number of morpholine rings is 1. The van der Waals surface area contributed by atoms with Gasteiger partial charge in [-0.15, -0.1) is 0 Å². The molecule has 31 heavy (non-hydrogen) atoms. The highest BCUT2D eigenvalue weighted by Gasteiger charge is 2.14. The number of nitrogens with one attached hydrogen (secondary N) is 1. The molecule has 2 aromatic rings. The molecule has 1 heterocycles. The molecular weight excluding hydrogens is 581 g/mol. The standard InChI is InChI=1S/C21H21BrIN3O5/c22-17-9-15(11-24-25-19(27)12-26-5-7-30-8-6-26)10-18(23)20(17)31-13-14-1-3-16(4-2-14)21(28)29/h1-4,9-11H,5-8,12-13H2,(H,25,27)(H,28,29)/b24-11+. The number of hydrazone groups is 1. The van der Waals surface area contributed by atoms with Crippen LogP contribution in [0, 0.1) is 3.57 Å². The van der Waals surface area contributed by atoms with E-state index < -0.39 is 5.97 Å². The Bertz CT molecular complexity index is 939. The summed E-state index contributed by atoms with van der Waals surface area (Å²) in [4.78, 5) is 25.0. The molecule has 3 rings (SSSR count). The molecule has 8 nitrogen and oxygen atoms in total. The summed E-state index contributed by atoms with van der Waals surface area (Å²) in [5, 5.41) is 13.0. The molecule has 1 aliphatic rings. The molecule has 1 amide bonds. The van der Waals surface area contributed by atoms with Crippen LogP contribution in [0.25, 0.3) is 0 Å². The van der Waals surface area contributed by atoms with Gasteiger partial charge in [0.1, 0.15) is 12.4 Å². The van der Waals surface area contributed by atoms with Gasteiger partial charge < -0.3 is 14.6 Å². The van der Waals surface area contributed by atoms with Crippen LogP contribution in [0.5, 0.6) is 5.75 Å². The van der Waals surface area contributed by atoms with Gasteiger partial charge in [0.2, 0.25) is 0 Å². The second kappa shape index (κ2) is 11.6. The molecule has 0 spiro atoms. The average molecular weight is 602 g/mol. The second-order valence-corrected chi connectivity index (χ2v) is 8.80. The molecule has 2 aromatic carbocycles. The Labute approximate surface area is 201 Å². The van der Waals surface area contributed by atoms with Gasteiger partial charge in [-0.2, -0.15) is 5.10 Å². The fourth-order valence-electron chi connectivity index (χ4n) is 2.87. The van der Waals surface area contributed by atoms with Crippen LogP contribution in [0.4, 0.5) is 0 Å². The number of rotatable bonds is 8. The molecule has 0 saturated carbocycles. The molecule has 164 valence electrons. The van der Waals surface area contributed by atoms with E-state index in [1.165, 1.54) is 0 Å². The van der Waals surface area contributed by atoms with Crippen LogP contribution < -0.4 is 10.2 Å². The van der Waals surface area contributed by atoms with E-state index in [0.717, 1.165) is 32.3 Å². The van der Waals surface area contributed by atoms with Crippen molar-refractivity contribution in [2.75, 3.05) is 32.8 Å². The minimum Gasteiger partial charge on any atom is -0.487 e. The van der Waals surface area contributed by atoms with Gasteiger partial charge in [0.05, 0.1) is 39.6 Å². The van der Waals surface area contributed by atoms with Gasteiger partial charge in [0.25, 0.3) is 5.91 Å². The van der Waals surface area contributed by atoms with E-state index in [0.29, 0.717) is 32.1 Å². The maximum Gasteiger partial charge on any atom is 0.335 e. The molecule has 10 heteroatoms. The summed E-state index contributed by atoms with van der Waals surface area (Å²) < 4.78 is 12.8. The van der Waals surface area contributed by atoms with Gasteiger partial charge in [0, 0.05) is 13.1 Å². The van der Waals surface area contributed by atoms with E-state index in [1.54, 1.807) is 30.5 Å². The van der Waals surface area contributed by atoms with Crippen LogP contribution in [0.3, 0.4) is 0 Å². The smallest absolute Gasteiger partial charge is 0.335 e. The van der Waals surface area contributed by atoms with Crippen LogP contribution in [0.2, 0.25) is 0 Å². The number of carbonyl (C=O) groups is 2. The van der Waals surface area contributed by atoms with Crippen molar-refractivity contribution in [1.29, 1.82) is 0 Å². The zero-order chi connectivity index (χ0) is 22.2. The van der Waals surface area contributed by atoms with Crippen LogP contribution in [0.15, 0.2) is 46.0 Å². The highest BCUT2D eigenvalue weighted by molar-refractivity contribution is 14.1. The maximum absolute atomic E-state index is 12.0. The highest BCUT2D eigenvalue weighted by atomic mass is 127. The number of benzene rings is 2. The van der Waals surface area contributed by atoms with Gasteiger partial charge in [0.15, 0.2) is 0 Å². The van der Waals surface area contributed by atoms with E-state index in [1.807, 2.05) is 17.0 Å². The van der Waals surface area contributed by atoms with Crippen LogP contribution in [0.1, 0.15) is 21.5 Å². The molecule has 2 N–H and O–H groups in total. The lowest BCUT2D eigenvalue weighted by Gasteiger charge is -2.25. The summed E-state index contributed by atoms with van der Waals surface area (Å²) in [7, 11) is 0. The average Bonchev–Trinajstić information content (AvgIpc) is 2.74. The number of carboxylic acids is 1. The summed E-state index contributed by atoms with van der Waals surface area (Å²) >= 11 is 5.68. The molecule has 0 bridgehead atoms. The fraction of sp³-hybridized carbons (Fsp3) is 0.286. The first kappa shape index (κ1) is 23.6. The van der Waals surface area contributed by atoms with E-state index in [2.05, 4.69) is 49.0 Å². The van der Waals surface area contributed by atoms with Crippen molar-refractivity contribution in [2.24, 2.45) is 5.10 Å². The molecule has 0 unspecified atom stereocenters. The van der Waals surface area contributed by atoms with Crippen molar-refractivity contribution in [3.8, 4) is 5.75 Å². The van der Waals surface area contributed by atoms with Gasteiger partial charge in [-0.25, -0.2) is 10.2 Å². The van der Waals surface area contributed by atoms with Crippen molar-refractivity contribution < 1.29 is 24.2 Å². The van der Waals surface area contributed by atoms with E-state index in [4.69, 9.17) is 14.6 Å². The van der Waals surface area contributed by atoms with Crippen LogP contribution in [-0.2, 0) is 16.1 Å². The molecule has 0 atom stereocenters. The Morgan fingerprint density at radius 1 is 1.26 bits per heavy atom. The van der Waals surface area contributed by atoms with Crippen molar-refractivity contribution >= 4 is 56.6 Å². The lowest BCUT2D eigenvalue weighted by atomic mass is 10.1. The normalized spacial score (nSPS) is 14.5. The monoisotopic (exact) mass is 601 g/mol. The second-order valence-electron chi connectivity index (χ2n) is 6.79. The third-order valence-electron chi connectivity index (χ3n) is 4.48. The predicted molar refractivity (Wildman–Crippen MR) is 128 cm³/mol. The number of halogens is 2. The van der Waals surface area contributed by atoms with Crippen LogP contribution >= 0.6 is 38.5 Å². The van der Waals surface area contributed by atoms with Crippen molar-refractivity contribution in [3.05, 3.63) is 61.1 Å². The number of carboxylic acid groups (broad SMARTS) is 1. The van der Waals surface area contributed by atoms with Gasteiger partial charge in [-0.05, 0) is 73.9 Å². The summed E-state index contributed by atoms with van der Waals surface area (Å²) in [5.41, 5.74) is 4.45. The Morgan fingerprint density at radius 2 is 1.97 bits per heavy atom. The first-order valence-electron chi connectivity index (χ1n) is 9.48. The number of ether oxygens (including phenoxy) is 2. The predicted octanol–water partition coefficient (Wildman–Crippen LogP) is 3.11. The molecule has 0 radical (unpaired) electrons. The zero-order valence-electron chi connectivity index (χ0n) is 16.5. The number of amides is 1. The minimum absolute atomic E-state index is 0.166. The first-order valence-corrected chi connectivity index (χ1v) is 11.4. The zero-order valence-corrected chi connectivity index (χ0v) is 20.3. The molecule has 0 aromatic heterocycles. The molecule has 1 fully saturated rings. The lowest BCUT2D eigenvalue weighted by Crippen LogP contribution is -2.42. The van der Waals surface area contributed by atoms with Crippen molar-refractivity contribution in [1.82, 2.24) is 10.3 Å². The fourth-order valence-corrected chi connectivity index (χ4v) is 4.64. The Kier molecular flexibility index (Phi) is 8.81. The number of hydrogen-bond acceptors (Lipinski definition) is 6. The molecule has 1 aliphatic heterocycles. The Morgan fingerprint density at radius 3 is 2.61 bits per heavy atom. The third-order valence-corrected chi connectivity index (χ3v) is 5.87. The topological polar surface area (TPSA) is 100 Å². The van der Waals surface area contributed by atoms with Crippen LogP contribution in [-0.4, -0.2) is 60.9 Å². The summed E-state index contributed by atoms with van der Waals surface area (Å²) in [6.45, 7) is 3.37. The summed E-state index contributed by atoms with van der Waals surface area (Å²) in [5.74, 6) is -0.448. The maximum atomic E-state index is 12.0. The largest absolute Gasteiger partial charge is 0.487 e. The minimum atomic E-state index is -0.959. The van der Waals surface area contributed by atoms with Crippen molar-refractivity contribution in [2.45, 2.75) is 6.61 Å². The number of carbonyl (C=O) groups excluding carboxylic acids is 1. The third kappa shape index (κ3) is 7.27. The Balaban J connectivity index is 1.54. The van der Waals surface area contributed by atoms with Gasteiger partial charge in [-0.1, -0.05) is 12.1 Å². The number of hydrogen-bond donors (Lipinski definition) is 2. The van der Waals surface area contributed by atoms with Gasteiger partial charge >= 0.3 is 5.97 Å². The van der Waals surface area contributed by atoms with E-state index >= 15 is 0 Å². The van der Waals surface area contributed by atoms with E-state index in [-0.39, 0.29) is 11.5 Å². The molecular formula is C21H21BrIN3O5.